The lowest BCUT2D eigenvalue weighted by atomic mass is 10.0. The van der Waals surface area contributed by atoms with E-state index in [1.54, 1.807) is 0 Å². The second-order valence-corrected chi connectivity index (χ2v) is 4.02. The molecule has 12 heavy (non-hydrogen) atoms. The topological polar surface area (TPSA) is 15.3 Å². The van der Waals surface area contributed by atoms with Crippen molar-refractivity contribution in [2.24, 2.45) is 5.92 Å². The zero-order valence-corrected chi connectivity index (χ0v) is 8.80. The fourth-order valence-electron chi connectivity index (χ4n) is 2.29. The molecule has 0 aromatic heterocycles. The van der Waals surface area contributed by atoms with Gasteiger partial charge in [0.2, 0.25) is 0 Å². The maximum Gasteiger partial charge on any atom is 0.0626 e. The third kappa shape index (κ3) is 1.80. The van der Waals surface area contributed by atoms with Gasteiger partial charge in [-0.1, -0.05) is 13.3 Å². The summed E-state index contributed by atoms with van der Waals surface area (Å²) in [4.78, 5) is 2.56. The van der Waals surface area contributed by atoms with Crippen LogP contribution in [-0.4, -0.2) is 30.7 Å². The lowest BCUT2D eigenvalue weighted by molar-refractivity contribution is 0.157. The van der Waals surface area contributed by atoms with E-state index in [0.29, 0.717) is 12.2 Å². The summed E-state index contributed by atoms with van der Waals surface area (Å²) in [6.45, 7) is 8.12. The van der Waals surface area contributed by atoms with Crippen molar-refractivity contribution in [3.05, 3.63) is 0 Å². The van der Waals surface area contributed by atoms with Crippen LogP contribution in [-0.2, 0) is 0 Å². The summed E-state index contributed by atoms with van der Waals surface area (Å²) in [5, 5.41) is 3.42. The van der Waals surface area contributed by atoms with E-state index in [4.69, 9.17) is 0 Å². The predicted octanol–water partition coefficient (Wildman–Crippen LogP) is 1.67. The molecule has 2 unspecified atom stereocenters. The standard InChI is InChI=1S/C10H22N2/c1-5-9-6-7-12(8(2)3)10(9)11-4/h8-11H,5-7H2,1-4H3. The number of rotatable bonds is 3. The van der Waals surface area contributed by atoms with Crippen LogP contribution in [0.2, 0.25) is 0 Å². The van der Waals surface area contributed by atoms with Crippen LogP contribution in [0.25, 0.3) is 0 Å². The number of hydrogen-bond donors (Lipinski definition) is 1. The molecular weight excluding hydrogens is 148 g/mol. The summed E-state index contributed by atoms with van der Waals surface area (Å²) >= 11 is 0. The molecule has 2 heteroatoms. The highest BCUT2D eigenvalue weighted by Gasteiger charge is 2.32. The van der Waals surface area contributed by atoms with Gasteiger partial charge >= 0.3 is 0 Å². The van der Waals surface area contributed by atoms with Crippen molar-refractivity contribution in [3.8, 4) is 0 Å². The zero-order chi connectivity index (χ0) is 9.14. The second kappa shape index (κ2) is 4.24. The van der Waals surface area contributed by atoms with Gasteiger partial charge in [0.05, 0.1) is 6.17 Å². The summed E-state index contributed by atoms with van der Waals surface area (Å²) in [6.07, 6.45) is 3.28. The van der Waals surface area contributed by atoms with Gasteiger partial charge in [-0.05, 0) is 33.2 Å². The first-order valence-corrected chi connectivity index (χ1v) is 5.13. The van der Waals surface area contributed by atoms with Gasteiger partial charge in [0.1, 0.15) is 0 Å². The highest BCUT2D eigenvalue weighted by molar-refractivity contribution is 4.85. The van der Waals surface area contributed by atoms with Crippen LogP contribution in [0.3, 0.4) is 0 Å². The maximum absolute atomic E-state index is 3.42. The number of nitrogens with zero attached hydrogens (tertiary/aromatic N) is 1. The second-order valence-electron chi connectivity index (χ2n) is 4.02. The molecular formula is C10H22N2. The van der Waals surface area contributed by atoms with Gasteiger partial charge in [-0.2, -0.15) is 0 Å². The van der Waals surface area contributed by atoms with Crippen molar-refractivity contribution < 1.29 is 0 Å². The van der Waals surface area contributed by atoms with Crippen molar-refractivity contribution in [2.45, 2.75) is 45.8 Å². The summed E-state index contributed by atoms with van der Waals surface area (Å²) < 4.78 is 0. The van der Waals surface area contributed by atoms with Gasteiger partial charge in [-0.25, -0.2) is 0 Å². The molecule has 2 atom stereocenters. The van der Waals surface area contributed by atoms with Gasteiger partial charge in [0.25, 0.3) is 0 Å². The van der Waals surface area contributed by atoms with Gasteiger partial charge in [-0.3, -0.25) is 4.90 Å². The fourth-order valence-corrected chi connectivity index (χ4v) is 2.29. The molecule has 1 fully saturated rings. The van der Waals surface area contributed by atoms with E-state index in [1.807, 2.05) is 0 Å². The minimum atomic E-state index is 0.620. The van der Waals surface area contributed by atoms with Crippen LogP contribution in [0, 0.1) is 5.92 Å². The fraction of sp³-hybridized carbons (Fsp3) is 1.00. The van der Waals surface area contributed by atoms with Crippen molar-refractivity contribution in [1.82, 2.24) is 10.2 Å². The van der Waals surface area contributed by atoms with Crippen molar-refractivity contribution in [1.29, 1.82) is 0 Å². The van der Waals surface area contributed by atoms with E-state index >= 15 is 0 Å². The Bertz CT molecular complexity index is 134. The van der Waals surface area contributed by atoms with Crippen LogP contribution in [0.4, 0.5) is 0 Å². The summed E-state index contributed by atoms with van der Waals surface area (Å²) in [5.74, 6) is 0.859. The van der Waals surface area contributed by atoms with Crippen LogP contribution in [0.5, 0.6) is 0 Å². The van der Waals surface area contributed by atoms with E-state index in [1.165, 1.54) is 19.4 Å². The predicted molar refractivity (Wildman–Crippen MR) is 53.1 cm³/mol. The van der Waals surface area contributed by atoms with Gasteiger partial charge in [0.15, 0.2) is 0 Å². The van der Waals surface area contributed by atoms with E-state index in [-0.39, 0.29) is 0 Å². The summed E-state index contributed by atoms with van der Waals surface area (Å²) in [7, 11) is 2.08. The Hall–Kier alpha value is -0.0800. The van der Waals surface area contributed by atoms with E-state index in [2.05, 4.69) is 38.0 Å². The molecule has 2 nitrogen and oxygen atoms in total. The third-order valence-electron chi connectivity index (χ3n) is 3.05. The van der Waals surface area contributed by atoms with Crippen molar-refractivity contribution in [3.63, 3.8) is 0 Å². The molecule has 0 spiro atoms. The lowest BCUT2D eigenvalue weighted by Gasteiger charge is -2.30. The van der Waals surface area contributed by atoms with Crippen LogP contribution in [0.15, 0.2) is 0 Å². The van der Waals surface area contributed by atoms with Gasteiger partial charge < -0.3 is 5.32 Å². The normalized spacial score (nSPS) is 31.8. The van der Waals surface area contributed by atoms with E-state index in [9.17, 15) is 0 Å². The molecule has 0 saturated carbocycles. The monoisotopic (exact) mass is 170 g/mol. The first-order valence-electron chi connectivity index (χ1n) is 5.13. The van der Waals surface area contributed by atoms with Crippen LogP contribution in [0.1, 0.15) is 33.6 Å². The molecule has 0 radical (unpaired) electrons. The van der Waals surface area contributed by atoms with Crippen LogP contribution < -0.4 is 5.32 Å². The Kier molecular flexibility index (Phi) is 3.53. The molecule has 0 aliphatic carbocycles. The smallest absolute Gasteiger partial charge is 0.0626 e. The van der Waals surface area contributed by atoms with E-state index in [0.717, 1.165) is 5.92 Å². The Morgan fingerprint density at radius 2 is 2.17 bits per heavy atom. The molecule has 1 rings (SSSR count). The molecule has 72 valence electrons. The number of nitrogens with one attached hydrogen (secondary N) is 1. The SMILES string of the molecule is CCC1CCN(C(C)C)C1NC. The van der Waals surface area contributed by atoms with Gasteiger partial charge in [-0.15, -0.1) is 0 Å². The zero-order valence-electron chi connectivity index (χ0n) is 8.80. The molecule has 0 aromatic rings. The number of likely N-dealkylation sites (tertiary alicyclic amines) is 1. The minimum Gasteiger partial charge on any atom is -0.305 e. The molecule has 0 bridgehead atoms. The van der Waals surface area contributed by atoms with Crippen molar-refractivity contribution >= 4 is 0 Å². The molecule has 1 saturated heterocycles. The average Bonchev–Trinajstić information content (AvgIpc) is 2.46. The Labute approximate surface area is 76.3 Å². The highest BCUT2D eigenvalue weighted by Crippen LogP contribution is 2.26. The first-order chi connectivity index (χ1) is 5.70. The highest BCUT2D eigenvalue weighted by atomic mass is 15.3. The minimum absolute atomic E-state index is 0.620. The average molecular weight is 170 g/mol. The third-order valence-corrected chi connectivity index (χ3v) is 3.05. The first kappa shape index (κ1) is 10.0. The Balaban J connectivity index is 2.56. The lowest BCUT2D eigenvalue weighted by Crippen LogP contribution is -2.45. The molecule has 1 aliphatic heterocycles. The van der Waals surface area contributed by atoms with Crippen molar-refractivity contribution in [2.75, 3.05) is 13.6 Å². The maximum atomic E-state index is 3.42. The van der Waals surface area contributed by atoms with E-state index < -0.39 is 0 Å². The molecule has 0 amide bonds. The molecule has 1 aliphatic rings. The largest absolute Gasteiger partial charge is 0.305 e. The Morgan fingerprint density at radius 1 is 1.50 bits per heavy atom. The quantitative estimate of drug-likeness (QED) is 0.693. The molecule has 0 aromatic carbocycles. The van der Waals surface area contributed by atoms with Gasteiger partial charge in [0, 0.05) is 12.6 Å². The summed E-state index contributed by atoms with van der Waals surface area (Å²) in [5.41, 5.74) is 0. The Morgan fingerprint density at radius 3 is 2.58 bits per heavy atom. The summed E-state index contributed by atoms with van der Waals surface area (Å²) in [6, 6.07) is 0.680. The van der Waals surface area contributed by atoms with Crippen LogP contribution >= 0.6 is 0 Å². The molecule has 1 N–H and O–H groups in total. The molecule has 1 heterocycles. The number of hydrogen-bond acceptors (Lipinski definition) is 2.